The summed E-state index contributed by atoms with van der Waals surface area (Å²) >= 11 is 0. The van der Waals surface area contributed by atoms with E-state index in [0.29, 0.717) is 11.1 Å². The van der Waals surface area contributed by atoms with Gasteiger partial charge in [-0.2, -0.15) is 0 Å². The highest BCUT2D eigenvalue weighted by Gasteiger charge is 2.13. The van der Waals surface area contributed by atoms with Crippen molar-refractivity contribution in [3.63, 3.8) is 0 Å². The first kappa shape index (κ1) is 14.7. The van der Waals surface area contributed by atoms with Crippen LogP contribution < -0.4 is 10.6 Å². The summed E-state index contributed by atoms with van der Waals surface area (Å²) in [6.45, 7) is 0. The average Bonchev–Trinajstić information content (AvgIpc) is 3.00. The summed E-state index contributed by atoms with van der Waals surface area (Å²) in [5.74, 6) is -1.35. The molecule has 2 N–H and O–H groups in total. The molecule has 1 aromatic carbocycles. The molecule has 0 spiro atoms. The minimum Gasteiger partial charge on any atom is -0.511 e. The zero-order valence-corrected chi connectivity index (χ0v) is 12.0. The van der Waals surface area contributed by atoms with Gasteiger partial charge in [0.1, 0.15) is 17.3 Å². The van der Waals surface area contributed by atoms with Gasteiger partial charge in [0.15, 0.2) is 5.65 Å². The van der Waals surface area contributed by atoms with Crippen LogP contribution in [0.15, 0.2) is 47.7 Å². The fourth-order valence-corrected chi connectivity index (χ4v) is 2.38. The Bertz CT molecular complexity index is 980. The van der Waals surface area contributed by atoms with Crippen LogP contribution in [0.4, 0.5) is 0 Å². The molecule has 0 saturated heterocycles. The zero-order valence-electron chi connectivity index (χ0n) is 12.0. The van der Waals surface area contributed by atoms with Crippen LogP contribution in [-0.2, 0) is 4.79 Å². The summed E-state index contributed by atoms with van der Waals surface area (Å²) in [6.07, 6.45) is 2.60. The third-order valence-electron chi connectivity index (χ3n) is 3.49. The van der Waals surface area contributed by atoms with Crippen molar-refractivity contribution in [3.8, 4) is 11.1 Å². The Morgan fingerprint density at radius 1 is 1.13 bits per heavy atom. The van der Waals surface area contributed by atoms with E-state index in [9.17, 15) is 14.7 Å². The number of rotatable bonds is 4. The second-order valence-corrected chi connectivity index (χ2v) is 5.02. The van der Waals surface area contributed by atoms with E-state index in [2.05, 4.69) is 10.2 Å². The van der Waals surface area contributed by atoms with Crippen molar-refractivity contribution in [3.05, 3.63) is 58.3 Å². The molecule has 23 heavy (non-hydrogen) atoms. The lowest BCUT2D eigenvalue weighted by Gasteiger charge is -2.04. The Balaban J connectivity index is 2.30. The molecule has 3 aromatic rings. The Kier molecular flexibility index (Phi) is 3.76. The van der Waals surface area contributed by atoms with Gasteiger partial charge in [-0.05, 0) is 5.56 Å². The van der Waals surface area contributed by atoms with Crippen LogP contribution in [-0.4, -0.2) is 30.8 Å². The van der Waals surface area contributed by atoms with Crippen LogP contribution in [0.25, 0.3) is 22.5 Å². The Morgan fingerprint density at radius 3 is 2.57 bits per heavy atom. The van der Waals surface area contributed by atoms with E-state index in [1.165, 1.54) is 10.7 Å². The average molecular weight is 311 g/mol. The molecule has 0 fully saturated rings. The fourth-order valence-electron chi connectivity index (χ4n) is 2.38. The first-order valence-corrected chi connectivity index (χ1v) is 6.93. The lowest BCUT2D eigenvalue weighted by Crippen LogP contribution is -2.31. The topological polar surface area (TPSA) is 105 Å². The zero-order chi connectivity index (χ0) is 16.4. The molecule has 0 radical (unpaired) electrons. The van der Waals surface area contributed by atoms with E-state index >= 15 is 0 Å². The Labute approximate surface area is 130 Å². The van der Waals surface area contributed by atoms with Gasteiger partial charge in [-0.15, -0.1) is 10.2 Å². The molecule has 2 aromatic heterocycles. The molecule has 0 saturated carbocycles. The van der Waals surface area contributed by atoms with Crippen molar-refractivity contribution in [2.24, 2.45) is 0 Å². The second-order valence-electron chi connectivity index (χ2n) is 5.02. The normalized spacial score (nSPS) is 12.3. The van der Waals surface area contributed by atoms with Crippen molar-refractivity contribution in [2.45, 2.75) is 12.8 Å². The van der Waals surface area contributed by atoms with E-state index in [-0.39, 0.29) is 29.5 Å². The van der Waals surface area contributed by atoms with Gasteiger partial charge in [0.25, 0.3) is 0 Å². The molecule has 0 aliphatic carbocycles. The van der Waals surface area contributed by atoms with Crippen LogP contribution >= 0.6 is 0 Å². The van der Waals surface area contributed by atoms with Crippen molar-refractivity contribution in [1.29, 1.82) is 0 Å². The van der Waals surface area contributed by atoms with Gasteiger partial charge < -0.3 is 10.2 Å². The molecule has 7 heteroatoms. The summed E-state index contributed by atoms with van der Waals surface area (Å²) < 4.78 is 1.54. The number of benzene rings is 1. The molecule has 2 heterocycles. The smallest absolute Gasteiger partial charge is 0.303 e. The number of pyridine rings is 1. The molecule has 0 amide bonds. The molecular formula is C16H13N3O4. The fraction of sp³-hybridized carbons (Fsp3) is 0.125. The number of carboxylic acid groups (broad SMARTS) is 1. The van der Waals surface area contributed by atoms with Crippen LogP contribution in [0.3, 0.4) is 0 Å². The largest absolute Gasteiger partial charge is 0.511 e. The van der Waals surface area contributed by atoms with Crippen LogP contribution in [0, 0.1) is 0 Å². The standard InChI is InChI=1S/C16H13N3O4/c20-12(6-7-13(21)22)14-15(23)11(10-4-2-1-3-5-10)8-19-9-17-18-16(14)19/h1-5,8-9,20H,6-7H2,(H,21,22). The first-order valence-electron chi connectivity index (χ1n) is 6.93. The second kappa shape index (κ2) is 5.88. The predicted octanol–water partition coefficient (Wildman–Crippen LogP) is 1.01. The van der Waals surface area contributed by atoms with Gasteiger partial charge in [0, 0.05) is 18.2 Å². The summed E-state index contributed by atoms with van der Waals surface area (Å²) in [5.41, 5.74) is 0.882. The highest BCUT2D eigenvalue weighted by atomic mass is 16.4. The van der Waals surface area contributed by atoms with Gasteiger partial charge in [-0.25, -0.2) is 0 Å². The van der Waals surface area contributed by atoms with E-state index in [1.54, 1.807) is 30.5 Å². The monoisotopic (exact) mass is 311 g/mol. The lowest BCUT2D eigenvalue weighted by atomic mass is 10.1. The number of carbonyl (C=O) groups is 1. The molecule has 7 nitrogen and oxygen atoms in total. The van der Waals surface area contributed by atoms with Gasteiger partial charge in [0.05, 0.1) is 6.42 Å². The number of aliphatic hydroxyl groups is 1. The number of aromatic nitrogens is 3. The number of hydrogen-bond acceptors (Lipinski definition) is 5. The SMILES string of the molecule is O=C(O)CCC(O)=c1c(=O)c(-c2ccccc2)cn2cnnc12. The summed E-state index contributed by atoms with van der Waals surface area (Å²) in [5, 5.41) is 26.5. The summed E-state index contributed by atoms with van der Waals surface area (Å²) in [7, 11) is 0. The van der Waals surface area contributed by atoms with Crippen LogP contribution in [0.5, 0.6) is 0 Å². The molecular weight excluding hydrogens is 298 g/mol. The van der Waals surface area contributed by atoms with Gasteiger partial charge in [-0.1, -0.05) is 30.3 Å². The maximum absolute atomic E-state index is 12.8. The van der Waals surface area contributed by atoms with E-state index < -0.39 is 11.4 Å². The maximum Gasteiger partial charge on any atom is 0.303 e. The van der Waals surface area contributed by atoms with Gasteiger partial charge in [0.2, 0.25) is 5.43 Å². The Morgan fingerprint density at radius 2 is 1.87 bits per heavy atom. The highest BCUT2D eigenvalue weighted by molar-refractivity contribution is 5.69. The highest BCUT2D eigenvalue weighted by Crippen LogP contribution is 2.14. The summed E-state index contributed by atoms with van der Waals surface area (Å²) in [4.78, 5) is 23.4. The van der Waals surface area contributed by atoms with Crippen LogP contribution in [0.1, 0.15) is 12.8 Å². The van der Waals surface area contributed by atoms with Gasteiger partial charge in [-0.3, -0.25) is 14.0 Å². The third-order valence-corrected chi connectivity index (χ3v) is 3.49. The molecule has 0 bridgehead atoms. The van der Waals surface area contributed by atoms with Crippen molar-refractivity contribution >= 4 is 17.4 Å². The van der Waals surface area contributed by atoms with Crippen molar-refractivity contribution < 1.29 is 15.0 Å². The first-order chi connectivity index (χ1) is 11.1. The lowest BCUT2D eigenvalue weighted by molar-refractivity contribution is -0.136. The van der Waals surface area contributed by atoms with Crippen molar-refractivity contribution in [2.75, 3.05) is 0 Å². The Hall–Kier alpha value is -3.22. The number of hydrogen-bond donors (Lipinski definition) is 2. The predicted molar refractivity (Wildman–Crippen MR) is 82.8 cm³/mol. The number of nitrogens with zero attached hydrogens (tertiary/aromatic N) is 3. The number of aliphatic hydroxyl groups excluding tert-OH is 1. The minimum atomic E-state index is -1.05. The quantitative estimate of drug-likeness (QED) is 0.745. The molecule has 116 valence electrons. The maximum atomic E-state index is 12.8. The minimum absolute atomic E-state index is 0.00916. The van der Waals surface area contributed by atoms with Crippen LogP contribution in [0.2, 0.25) is 0 Å². The molecule has 0 aliphatic rings. The molecule has 0 unspecified atom stereocenters. The van der Waals surface area contributed by atoms with E-state index in [1.807, 2.05) is 6.07 Å². The van der Waals surface area contributed by atoms with E-state index in [0.717, 1.165) is 0 Å². The molecule has 0 aliphatic heterocycles. The summed E-state index contributed by atoms with van der Waals surface area (Å²) in [6, 6.07) is 9.01. The molecule has 3 rings (SSSR count). The van der Waals surface area contributed by atoms with Gasteiger partial charge >= 0.3 is 5.97 Å². The number of carboxylic acids is 1. The number of aliphatic carboxylic acids is 1. The van der Waals surface area contributed by atoms with E-state index in [4.69, 9.17) is 5.11 Å². The molecule has 0 atom stereocenters. The third kappa shape index (κ3) is 2.76. The number of fused-ring (bicyclic) bond motifs is 1. The van der Waals surface area contributed by atoms with Crippen molar-refractivity contribution in [1.82, 2.24) is 14.6 Å².